The summed E-state index contributed by atoms with van der Waals surface area (Å²) in [5, 5.41) is 4.73. The van der Waals surface area contributed by atoms with Crippen molar-refractivity contribution in [2.75, 3.05) is 0 Å². The fourth-order valence-electron chi connectivity index (χ4n) is 4.47. The van der Waals surface area contributed by atoms with Crippen molar-refractivity contribution in [3.8, 4) is 34.1 Å². The number of aromatic amines is 1. The van der Waals surface area contributed by atoms with Gasteiger partial charge in [-0.2, -0.15) is 0 Å². The molecule has 0 radical (unpaired) electrons. The second kappa shape index (κ2) is 6.13. The number of H-pyrrole nitrogens is 1. The van der Waals surface area contributed by atoms with Crippen molar-refractivity contribution >= 4 is 32.6 Å². The number of nitrogens with one attached hydrogen (secondary N) is 1. The highest BCUT2D eigenvalue weighted by Crippen LogP contribution is 2.48. The number of para-hydroxylation sites is 1. The highest BCUT2D eigenvalue weighted by molar-refractivity contribution is 6.08. The van der Waals surface area contributed by atoms with Crippen LogP contribution in [0.1, 0.15) is 0 Å². The number of benzene rings is 5. The summed E-state index contributed by atoms with van der Waals surface area (Å²) in [6, 6.07) is 33.4. The van der Waals surface area contributed by atoms with Gasteiger partial charge in [0, 0.05) is 21.8 Å². The lowest BCUT2D eigenvalue weighted by Gasteiger charge is -2.22. The molecule has 2 heterocycles. The number of hydrogen-bond donors (Lipinski definition) is 1. The highest BCUT2D eigenvalue weighted by atomic mass is 16.6. The fraction of sp³-hybridized carbons (Fsp3) is 0. The molecule has 0 saturated carbocycles. The topological polar surface area (TPSA) is 34.2 Å². The third-order valence-corrected chi connectivity index (χ3v) is 6.04. The lowest BCUT2D eigenvalue weighted by Crippen LogP contribution is -1.99. The van der Waals surface area contributed by atoms with Gasteiger partial charge in [-0.3, -0.25) is 0 Å². The van der Waals surface area contributed by atoms with Crippen molar-refractivity contribution in [3.63, 3.8) is 0 Å². The molecular weight excluding hydrogens is 382 g/mol. The Labute approximate surface area is 178 Å². The Morgan fingerprint density at radius 2 is 1.06 bits per heavy atom. The predicted molar refractivity (Wildman–Crippen MR) is 125 cm³/mol. The van der Waals surface area contributed by atoms with Gasteiger partial charge < -0.3 is 14.5 Å². The van der Waals surface area contributed by atoms with Crippen LogP contribution in [0.15, 0.2) is 97.1 Å². The second-order valence-corrected chi connectivity index (χ2v) is 7.94. The van der Waals surface area contributed by atoms with Gasteiger partial charge in [0.2, 0.25) is 0 Å². The molecule has 3 nitrogen and oxygen atoms in total. The molecule has 146 valence electrons. The third kappa shape index (κ3) is 2.53. The van der Waals surface area contributed by atoms with Gasteiger partial charge in [-0.05, 0) is 64.4 Å². The van der Waals surface area contributed by atoms with E-state index >= 15 is 0 Å². The number of ether oxygens (including phenoxy) is 2. The third-order valence-electron chi connectivity index (χ3n) is 6.04. The van der Waals surface area contributed by atoms with Crippen LogP contribution in [0.25, 0.3) is 43.7 Å². The first-order valence-corrected chi connectivity index (χ1v) is 10.4. The molecule has 6 aromatic rings. The second-order valence-electron chi connectivity index (χ2n) is 7.94. The van der Waals surface area contributed by atoms with Gasteiger partial charge in [0.1, 0.15) is 0 Å². The van der Waals surface area contributed by atoms with Crippen LogP contribution in [0.3, 0.4) is 0 Å². The van der Waals surface area contributed by atoms with Crippen LogP contribution in [0.4, 0.5) is 0 Å². The smallest absolute Gasteiger partial charge is 0.170 e. The molecule has 0 spiro atoms. The molecule has 5 aromatic carbocycles. The van der Waals surface area contributed by atoms with Crippen molar-refractivity contribution in [3.05, 3.63) is 97.1 Å². The molecule has 0 saturated heterocycles. The van der Waals surface area contributed by atoms with Crippen LogP contribution in [-0.2, 0) is 0 Å². The Morgan fingerprint density at radius 3 is 1.90 bits per heavy atom. The zero-order valence-corrected chi connectivity index (χ0v) is 16.6. The average Bonchev–Trinajstić information content (AvgIpc) is 3.19. The normalized spacial score (nSPS) is 12.4. The first kappa shape index (κ1) is 16.5. The molecule has 1 aromatic heterocycles. The first-order chi connectivity index (χ1) is 15.3. The number of rotatable bonds is 1. The molecule has 0 amide bonds. The fourth-order valence-corrected chi connectivity index (χ4v) is 4.47. The molecule has 0 fully saturated rings. The van der Waals surface area contributed by atoms with Crippen LogP contribution < -0.4 is 9.47 Å². The average molecular weight is 399 g/mol. The summed E-state index contributed by atoms with van der Waals surface area (Å²) in [5.41, 5.74) is 4.54. The minimum Gasteiger partial charge on any atom is -0.449 e. The molecule has 7 rings (SSSR count). The Balaban J connectivity index is 1.32. The number of aromatic nitrogens is 1. The molecule has 1 aliphatic heterocycles. The van der Waals surface area contributed by atoms with E-state index in [0.717, 1.165) is 55.9 Å². The van der Waals surface area contributed by atoms with E-state index in [4.69, 9.17) is 9.47 Å². The van der Waals surface area contributed by atoms with E-state index in [9.17, 15) is 0 Å². The summed E-state index contributed by atoms with van der Waals surface area (Å²) in [7, 11) is 0. The van der Waals surface area contributed by atoms with Gasteiger partial charge in [0.25, 0.3) is 0 Å². The highest BCUT2D eigenvalue weighted by Gasteiger charge is 2.20. The van der Waals surface area contributed by atoms with Gasteiger partial charge >= 0.3 is 0 Å². The van der Waals surface area contributed by atoms with Crippen LogP contribution in [0.2, 0.25) is 0 Å². The molecule has 31 heavy (non-hydrogen) atoms. The standard InChI is InChI=1S/C28H17NO2/c1-2-6-18-15-28-27(14-17(18)5-1)30-25-12-10-20(16-26(25)31-28)19-9-11-24-22(13-19)21-7-3-4-8-23(21)29-24/h1-16,29H. The van der Waals surface area contributed by atoms with Gasteiger partial charge in [0.05, 0.1) is 0 Å². The van der Waals surface area contributed by atoms with E-state index in [1.807, 2.05) is 30.3 Å². The lowest BCUT2D eigenvalue weighted by molar-refractivity contribution is 0.360. The molecular formula is C28H17NO2. The van der Waals surface area contributed by atoms with Gasteiger partial charge in [-0.15, -0.1) is 0 Å². The van der Waals surface area contributed by atoms with Crippen molar-refractivity contribution in [2.24, 2.45) is 0 Å². The minimum absolute atomic E-state index is 0.735. The molecule has 0 atom stereocenters. The zero-order chi connectivity index (χ0) is 20.4. The lowest BCUT2D eigenvalue weighted by atomic mass is 10.0. The molecule has 3 heteroatoms. The van der Waals surface area contributed by atoms with Gasteiger partial charge in [-0.25, -0.2) is 0 Å². The molecule has 0 unspecified atom stereocenters. The van der Waals surface area contributed by atoms with Crippen LogP contribution in [0.5, 0.6) is 23.0 Å². The quantitative estimate of drug-likeness (QED) is 0.303. The van der Waals surface area contributed by atoms with E-state index in [0.29, 0.717) is 0 Å². The summed E-state index contributed by atoms with van der Waals surface area (Å²) < 4.78 is 12.4. The maximum atomic E-state index is 6.26. The summed E-state index contributed by atoms with van der Waals surface area (Å²) in [6.07, 6.45) is 0. The van der Waals surface area contributed by atoms with Crippen molar-refractivity contribution in [1.29, 1.82) is 0 Å². The van der Waals surface area contributed by atoms with Crippen LogP contribution in [-0.4, -0.2) is 4.98 Å². The van der Waals surface area contributed by atoms with Crippen molar-refractivity contribution in [1.82, 2.24) is 4.98 Å². The monoisotopic (exact) mass is 399 g/mol. The summed E-state index contributed by atoms with van der Waals surface area (Å²) in [4.78, 5) is 3.49. The van der Waals surface area contributed by atoms with Crippen molar-refractivity contribution < 1.29 is 9.47 Å². The molecule has 1 N–H and O–H groups in total. The van der Waals surface area contributed by atoms with E-state index in [1.165, 1.54) is 10.8 Å². The van der Waals surface area contributed by atoms with Gasteiger partial charge in [-0.1, -0.05) is 54.6 Å². The van der Waals surface area contributed by atoms with E-state index in [-0.39, 0.29) is 0 Å². The summed E-state index contributed by atoms with van der Waals surface area (Å²) in [5.74, 6) is 2.97. The Hall–Kier alpha value is -4.24. The van der Waals surface area contributed by atoms with Crippen molar-refractivity contribution in [2.45, 2.75) is 0 Å². The van der Waals surface area contributed by atoms with Crippen LogP contribution >= 0.6 is 0 Å². The maximum absolute atomic E-state index is 6.26. The Bertz CT molecular complexity index is 1640. The first-order valence-electron chi connectivity index (χ1n) is 10.4. The van der Waals surface area contributed by atoms with E-state index < -0.39 is 0 Å². The van der Waals surface area contributed by atoms with E-state index in [2.05, 4.69) is 71.7 Å². The molecule has 0 aliphatic carbocycles. The summed E-state index contributed by atoms with van der Waals surface area (Å²) in [6.45, 7) is 0. The number of hydrogen-bond acceptors (Lipinski definition) is 2. The predicted octanol–water partition coefficient (Wildman–Crippen LogP) is 8.04. The zero-order valence-electron chi connectivity index (χ0n) is 16.6. The minimum atomic E-state index is 0.735. The SMILES string of the molecule is c1ccc2cc3c(cc2c1)Oc1ccc(-c2ccc4[nH]c5ccccc5c4c2)cc1O3. The van der Waals surface area contributed by atoms with Crippen LogP contribution in [0, 0.1) is 0 Å². The maximum Gasteiger partial charge on any atom is 0.170 e. The Morgan fingerprint density at radius 1 is 0.452 bits per heavy atom. The van der Waals surface area contributed by atoms with E-state index in [1.54, 1.807) is 0 Å². The molecule has 0 bridgehead atoms. The largest absolute Gasteiger partial charge is 0.449 e. The number of fused-ring (bicyclic) bond motifs is 6. The molecule has 1 aliphatic rings. The van der Waals surface area contributed by atoms with Gasteiger partial charge in [0.15, 0.2) is 23.0 Å². The summed E-state index contributed by atoms with van der Waals surface area (Å²) >= 11 is 0. The Kier molecular flexibility index (Phi) is 3.27.